The van der Waals surface area contributed by atoms with Gasteiger partial charge in [-0.3, -0.25) is 9.88 Å². The number of nitrogens with two attached hydrogens (primary N) is 1. The summed E-state index contributed by atoms with van der Waals surface area (Å²) in [5.41, 5.74) is 10.9. The van der Waals surface area contributed by atoms with Crippen molar-refractivity contribution in [1.82, 2.24) is 19.9 Å². The first kappa shape index (κ1) is 16.5. The van der Waals surface area contributed by atoms with Gasteiger partial charge in [-0.2, -0.15) is 0 Å². The number of nitrogens with zero attached hydrogens (tertiary/aromatic N) is 4. The van der Waals surface area contributed by atoms with Crippen LogP contribution in [-0.2, 0) is 19.5 Å². The number of hydrogen-bond donors (Lipinski definition) is 1. The summed E-state index contributed by atoms with van der Waals surface area (Å²) in [7, 11) is 1.69. The molecule has 4 rings (SSSR count). The number of pyridine rings is 1. The molecule has 3 heterocycles. The van der Waals surface area contributed by atoms with Crippen LogP contribution in [0.3, 0.4) is 0 Å². The molecule has 0 saturated heterocycles. The van der Waals surface area contributed by atoms with Crippen LogP contribution in [-0.4, -0.2) is 33.5 Å². The number of rotatable bonds is 4. The maximum atomic E-state index is 5.76. The van der Waals surface area contributed by atoms with Gasteiger partial charge in [0.25, 0.3) is 0 Å². The average molecular weight is 347 g/mol. The van der Waals surface area contributed by atoms with E-state index >= 15 is 0 Å². The molecule has 1 aliphatic heterocycles. The third kappa shape index (κ3) is 3.36. The summed E-state index contributed by atoms with van der Waals surface area (Å²) in [6, 6.07) is 9.57. The molecule has 6 heteroatoms. The fourth-order valence-corrected chi connectivity index (χ4v) is 3.25. The van der Waals surface area contributed by atoms with Gasteiger partial charge in [-0.25, -0.2) is 9.97 Å². The van der Waals surface area contributed by atoms with E-state index in [1.807, 2.05) is 42.7 Å². The second-order valence-electron chi connectivity index (χ2n) is 6.44. The molecule has 0 unspecified atom stereocenters. The van der Waals surface area contributed by atoms with Gasteiger partial charge in [0.1, 0.15) is 5.75 Å². The lowest BCUT2D eigenvalue weighted by Crippen LogP contribution is -2.31. The Hall–Kier alpha value is -2.99. The van der Waals surface area contributed by atoms with Gasteiger partial charge in [0.15, 0.2) is 5.82 Å². The van der Waals surface area contributed by atoms with E-state index in [9.17, 15) is 0 Å². The van der Waals surface area contributed by atoms with Crippen molar-refractivity contribution in [2.75, 3.05) is 19.4 Å². The number of methoxy groups -OCH3 is 1. The Labute approximate surface area is 152 Å². The molecular weight excluding hydrogens is 326 g/mol. The lowest BCUT2D eigenvalue weighted by molar-refractivity contribution is 0.239. The minimum atomic E-state index is 0.744. The monoisotopic (exact) mass is 347 g/mol. The maximum absolute atomic E-state index is 5.76. The minimum Gasteiger partial charge on any atom is -0.496 e. The van der Waals surface area contributed by atoms with Gasteiger partial charge >= 0.3 is 0 Å². The SMILES string of the molecule is COc1ccncc1CN1CCc2nc(-c3ccc(N)cc3)ncc2C1. The van der Waals surface area contributed by atoms with Gasteiger partial charge in [-0.05, 0) is 30.3 Å². The highest BCUT2D eigenvalue weighted by molar-refractivity contribution is 5.58. The number of anilines is 1. The third-order valence-electron chi connectivity index (χ3n) is 4.65. The summed E-state index contributed by atoms with van der Waals surface area (Å²) < 4.78 is 5.43. The lowest BCUT2D eigenvalue weighted by atomic mass is 10.1. The summed E-state index contributed by atoms with van der Waals surface area (Å²) in [6.07, 6.45) is 6.47. The van der Waals surface area contributed by atoms with E-state index in [1.165, 1.54) is 5.56 Å². The van der Waals surface area contributed by atoms with Crippen molar-refractivity contribution in [2.45, 2.75) is 19.5 Å². The zero-order valence-corrected chi connectivity index (χ0v) is 14.7. The Morgan fingerprint density at radius 2 is 2.00 bits per heavy atom. The average Bonchev–Trinajstić information content (AvgIpc) is 2.68. The van der Waals surface area contributed by atoms with Crippen LogP contribution < -0.4 is 10.5 Å². The van der Waals surface area contributed by atoms with Gasteiger partial charge in [0, 0.05) is 67.0 Å². The van der Waals surface area contributed by atoms with E-state index in [0.717, 1.165) is 60.1 Å². The van der Waals surface area contributed by atoms with Gasteiger partial charge < -0.3 is 10.5 Å². The number of nitrogen functional groups attached to an aromatic ring is 1. The molecule has 1 aromatic carbocycles. The number of benzene rings is 1. The highest BCUT2D eigenvalue weighted by Crippen LogP contribution is 2.24. The van der Waals surface area contributed by atoms with Gasteiger partial charge in [-0.15, -0.1) is 0 Å². The molecule has 0 radical (unpaired) electrons. The van der Waals surface area contributed by atoms with Crippen LogP contribution in [0, 0.1) is 0 Å². The quantitative estimate of drug-likeness (QED) is 0.731. The Balaban J connectivity index is 1.52. The van der Waals surface area contributed by atoms with E-state index in [-0.39, 0.29) is 0 Å². The summed E-state index contributed by atoms with van der Waals surface area (Å²) in [5.74, 6) is 1.63. The predicted octanol–water partition coefficient (Wildman–Crippen LogP) is 2.69. The molecule has 0 bridgehead atoms. The van der Waals surface area contributed by atoms with E-state index in [0.29, 0.717) is 0 Å². The van der Waals surface area contributed by atoms with E-state index in [2.05, 4.69) is 14.9 Å². The zero-order valence-electron chi connectivity index (χ0n) is 14.7. The van der Waals surface area contributed by atoms with Crippen LogP contribution in [0.25, 0.3) is 11.4 Å². The largest absolute Gasteiger partial charge is 0.496 e. The Morgan fingerprint density at radius 3 is 2.81 bits per heavy atom. The maximum Gasteiger partial charge on any atom is 0.159 e. The molecule has 26 heavy (non-hydrogen) atoms. The standard InChI is InChI=1S/C20H21N5O/c1-26-19-6-8-22-10-16(19)13-25-9-7-18-15(12-25)11-23-20(24-18)14-2-4-17(21)5-3-14/h2-6,8,10-11H,7,9,12-13,21H2,1H3. The first-order valence-corrected chi connectivity index (χ1v) is 8.63. The lowest BCUT2D eigenvalue weighted by Gasteiger charge is -2.28. The molecule has 1 aliphatic rings. The normalized spacial score (nSPS) is 14.0. The zero-order chi connectivity index (χ0) is 17.9. The molecular formula is C20H21N5O. The van der Waals surface area contributed by atoms with Crippen LogP contribution in [0.4, 0.5) is 5.69 Å². The van der Waals surface area contributed by atoms with Crippen LogP contribution in [0.15, 0.2) is 48.9 Å². The summed E-state index contributed by atoms with van der Waals surface area (Å²) in [5, 5.41) is 0. The number of fused-ring (bicyclic) bond motifs is 1. The van der Waals surface area contributed by atoms with E-state index in [4.69, 9.17) is 15.5 Å². The first-order valence-electron chi connectivity index (χ1n) is 8.63. The second kappa shape index (κ2) is 7.09. The molecule has 0 saturated carbocycles. The molecule has 2 aromatic heterocycles. The summed E-state index contributed by atoms with van der Waals surface area (Å²) in [4.78, 5) is 15.9. The summed E-state index contributed by atoms with van der Waals surface area (Å²) >= 11 is 0. The number of ether oxygens (including phenoxy) is 1. The highest BCUT2D eigenvalue weighted by atomic mass is 16.5. The van der Waals surface area contributed by atoms with Gasteiger partial charge in [0.05, 0.1) is 12.8 Å². The molecule has 6 nitrogen and oxygen atoms in total. The van der Waals surface area contributed by atoms with Crippen LogP contribution in [0.2, 0.25) is 0 Å². The van der Waals surface area contributed by atoms with Crippen LogP contribution in [0.5, 0.6) is 5.75 Å². The van der Waals surface area contributed by atoms with E-state index < -0.39 is 0 Å². The molecule has 0 amide bonds. The topological polar surface area (TPSA) is 77.2 Å². The van der Waals surface area contributed by atoms with Crippen molar-refractivity contribution in [3.8, 4) is 17.1 Å². The Bertz CT molecular complexity index is 910. The van der Waals surface area contributed by atoms with E-state index in [1.54, 1.807) is 13.3 Å². The van der Waals surface area contributed by atoms with Crippen molar-refractivity contribution in [2.24, 2.45) is 0 Å². The van der Waals surface area contributed by atoms with Crippen molar-refractivity contribution >= 4 is 5.69 Å². The Morgan fingerprint density at radius 1 is 1.15 bits per heavy atom. The van der Waals surface area contributed by atoms with Crippen molar-refractivity contribution < 1.29 is 4.74 Å². The molecule has 2 N–H and O–H groups in total. The highest BCUT2D eigenvalue weighted by Gasteiger charge is 2.20. The van der Waals surface area contributed by atoms with Crippen molar-refractivity contribution in [3.63, 3.8) is 0 Å². The molecule has 0 fully saturated rings. The van der Waals surface area contributed by atoms with Gasteiger partial charge in [0.2, 0.25) is 0 Å². The third-order valence-corrected chi connectivity index (χ3v) is 4.65. The molecule has 0 spiro atoms. The number of hydrogen-bond acceptors (Lipinski definition) is 6. The van der Waals surface area contributed by atoms with Crippen molar-refractivity contribution in [1.29, 1.82) is 0 Å². The fraction of sp³-hybridized carbons (Fsp3) is 0.250. The van der Waals surface area contributed by atoms with Crippen molar-refractivity contribution in [3.05, 3.63) is 65.7 Å². The smallest absolute Gasteiger partial charge is 0.159 e. The number of aromatic nitrogens is 3. The first-order chi connectivity index (χ1) is 12.7. The van der Waals surface area contributed by atoms with Gasteiger partial charge in [-0.1, -0.05) is 0 Å². The summed E-state index contributed by atoms with van der Waals surface area (Å²) in [6.45, 7) is 2.58. The molecule has 0 aliphatic carbocycles. The molecule has 3 aromatic rings. The minimum absolute atomic E-state index is 0.744. The van der Waals surface area contributed by atoms with Crippen LogP contribution >= 0.6 is 0 Å². The molecule has 132 valence electrons. The van der Waals surface area contributed by atoms with Crippen LogP contribution in [0.1, 0.15) is 16.8 Å². The molecule has 0 atom stereocenters. The fourth-order valence-electron chi connectivity index (χ4n) is 3.25. The Kier molecular flexibility index (Phi) is 4.50. The predicted molar refractivity (Wildman–Crippen MR) is 100 cm³/mol. The second-order valence-corrected chi connectivity index (χ2v) is 6.44.